The predicted octanol–water partition coefficient (Wildman–Crippen LogP) is 2.77. The molecule has 0 aromatic heterocycles. The van der Waals surface area contributed by atoms with Crippen LogP contribution in [-0.4, -0.2) is 51.5 Å². The van der Waals surface area contributed by atoms with Crippen LogP contribution in [0.1, 0.15) is 34.1 Å². The third-order valence-corrected chi connectivity index (χ3v) is 5.40. The fourth-order valence-electron chi connectivity index (χ4n) is 3.14. The number of sulfone groups is 1. The molecule has 0 spiro atoms. The molecule has 0 saturated heterocycles. The first-order chi connectivity index (χ1) is 7.87. The maximum atomic E-state index is 11.3. The molecule has 0 aliphatic rings. The van der Waals surface area contributed by atoms with Crippen molar-refractivity contribution in [1.29, 1.82) is 0 Å². The summed E-state index contributed by atoms with van der Waals surface area (Å²) in [5.41, 5.74) is 0.190. The van der Waals surface area contributed by atoms with Gasteiger partial charge >= 0.3 is 0 Å². The van der Waals surface area contributed by atoms with E-state index in [0.29, 0.717) is 5.75 Å². The summed E-state index contributed by atoms with van der Waals surface area (Å²) in [5, 5.41) is 0. The SMILES string of the molecule is CCP[N+](C)(C)CC(C)(C)CC(C)CS(C)(=O)=O. The Morgan fingerprint density at radius 1 is 1.28 bits per heavy atom. The molecule has 0 amide bonds. The van der Waals surface area contributed by atoms with Gasteiger partial charge in [0.25, 0.3) is 0 Å². The van der Waals surface area contributed by atoms with E-state index < -0.39 is 9.84 Å². The van der Waals surface area contributed by atoms with Crippen molar-refractivity contribution < 1.29 is 12.7 Å². The Bertz CT molecular complexity index is 350. The minimum atomic E-state index is -2.85. The zero-order valence-electron chi connectivity index (χ0n) is 13.1. The molecule has 0 fully saturated rings. The maximum absolute atomic E-state index is 11.3. The average molecular weight is 296 g/mol. The fraction of sp³-hybridized carbons (Fsp3) is 1.00. The standard InChI is InChI=1S/C13H31NO2PS/c1-8-17-14(5,6)11-13(3,4)9-12(2)10-18(7,15)16/h12,17H,8-11H2,1-7H3/q+1. The van der Waals surface area contributed by atoms with Gasteiger partial charge in [0.1, 0.15) is 9.84 Å². The molecule has 0 aliphatic heterocycles. The molecule has 0 saturated carbocycles. The molecule has 110 valence electrons. The molecule has 0 aromatic rings. The molecule has 0 heterocycles. The molecule has 5 heteroatoms. The Balaban J connectivity index is 4.47. The van der Waals surface area contributed by atoms with Crippen LogP contribution in [0.5, 0.6) is 0 Å². The first-order valence-corrected chi connectivity index (χ1v) is 9.84. The van der Waals surface area contributed by atoms with Gasteiger partial charge in [0.2, 0.25) is 0 Å². The van der Waals surface area contributed by atoms with Crippen LogP contribution in [-0.2, 0) is 9.84 Å². The molecular formula is C13H31NO2PS+. The number of nitrogens with zero attached hydrogens (tertiary/aromatic N) is 1. The Morgan fingerprint density at radius 3 is 2.17 bits per heavy atom. The Kier molecular flexibility index (Phi) is 6.80. The Hall–Kier alpha value is 0.340. The van der Waals surface area contributed by atoms with Gasteiger partial charge < -0.3 is 4.25 Å². The van der Waals surface area contributed by atoms with E-state index in [-0.39, 0.29) is 11.3 Å². The predicted molar refractivity (Wildman–Crippen MR) is 83.1 cm³/mol. The molecule has 0 N–H and O–H groups in total. The molecule has 0 radical (unpaired) electrons. The number of quaternary nitrogens is 1. The molecule has 0 rings (SSSR count). The van der Waals surface area contributed by atoms with Crippen molar-refractivity contribution in [2.45, 2.75) is 34.1 Å². The highest BCUT2D eigenvalue weighted by molar-refractivity contribution is 7.90. The van der Waals surface area contributed by atoms with Gasteiger partial charge in [-0.2, -0.15) is 0 Å². The lowest BCUT2D eigenvalue weighted by Gasteiger charge is -2.38. The topological polar surface area (TPSA) is 34.1 Å². The van der Waals surface area contributed by atoms with Crippen LogP contribution in [0.25, 0.3) is 0 Å². The second-order valence-corrected chi connectivity index (χ2v) is 11.3. The summed E-state index contributed by atoms with van der Waals surface area (Å²) in [6.07, 6.45) is 3.51. The van der Waals surface area contributed by atoms with Crippen LogP contribution in [0.2, 0.25) is 0 Å². The van der Waals surface area contributed by atoms with E-state index in [1.54, 1.807) is 0 Å². The minimum absolute atomic E-state index is 0.190. The van der Waals surface area contributed by atoms with Crippen LogP contribution < -0.4 is 0 Å². The summed E-state index contributed by atoms with van der Waals surface area (Å²) in [6.45, 7) is 9.88. The summed E-state index contributed by atoms with van der Waals surface area (Å²) in [6, 6.07) is 0. The van der Waals surface area contributed by atoms with E-state index in [1.807, 2.05) is 6.92 Å². The summed E-state index contributed by atoms with van der Waals surface area (Å²) in [5.74, 6) is 0.542. The highest BCUT2D eigenvalue weighted by Gasteiger charge is 2.30. The third-order valence-electron chi connectivity index (χ3n) is 2.90. The highest BCUT2D eigenvalue weighted by Crippen LogP contribution is 2.34. The van der Waals surface area contributed by atoms with Crippen LogP contribution >= 0.6 is 8.73 Å². The van der Waals surface area contributed by atoms with Gasteiger partial charge in [-0.3, -0.25) is 0 Å². The van der Waals surface area contributed by atoms with Crippen molar-refractivity contribution in [2.75, 3.05) is 38.8 Å². The molecular weight excluding hydrogens is 265 g/mol. The van der Waals surface area contributed by atoms with Crippen molar-refractivity contribution in [3.63, 3.8) is 0 Å². The van der Waals surface area contributed by atoms with Gasteiger partial charge in [0, 0.05) is 17.8 Å². The van der Waals surface area contributed by atoms with E-state index in [1.165, 1.54) is 12.4 Å². The Morgan fingerprint density at radius 2 is 1.78 bits per heavy atom. The summed E-state index contributed by atoms with van der Waals surface area (Å²) >= 11 is 0. The van der Waals surface area contributed by atoms with Gasteiger partial charge in [-0.25, -0.2) is 8.42 Å². The lowest BCUT2D eigenvalue weighted by Crippen LogP contribution is -2.40. The normalized spacial score (nSPS) is 16.4. The minimum Gasteiger partial charge on any atom is -0.316 e. The van der Waals surface area contributed by atoms with Crippen molar-refractivity contribution in [3.05, 3.63) is 0 Å². The molecule has 3 nitrogen and oxygen atoms in total. The molecule has 2 atom stereocenters. The van der Waals surface area contributed by atoms with Gasteiger partial charge in [-0.1, -0.05) is 27.7 Å². The third kappa shape index (κ3) is 9.29. The fourth-order valence-corrected chi connectivity index (χ4v) is 5.69. The molecule has 0 bridgehead atoms. The van der Waals surface area contributed by atoms with Gasteiger partial charge in [-0.05, 0) is 12.3 Å². The lowest BCUT2D eigenvalue weighted by atomic mass is 9.83. The largest absolute Gasteiger partial charge is 0.316 e. The zero-order valence-corrected chi connectivity index (χ0v) is 14.9. The van der Waals surface area contributed by atoms with Crippen LogP contribution in [0, 0.1) is 11.3 Å². The number of hydrogen-bond donors (Lipinski definition) is 0. The second-order valence-electron chi connectivity index (χ2n) is 6.92. The molecule has 2 unspecified atom stereocenters. The van der Waals surface area contributed by atoms with Crippen molar-refractivity contribution in [2.24, 2.45) is 11.3 Å². The van der Waals surface area contributed by atoms with E-state index in [0.717, 1.165) is 26.0 Å². The summed E-state index contributed by atoms with van der Waals surface area (Å²) in [7, 11) is 2.61. The molecule has 0 aliphatic carbocycles. The van der Waals surface area contributed by atoms with Crippen LogP contribution in [0.3, 0.4) is 0 Å². The first kappa shape index (κ1) is 18.3. The van der Waals surface area contributed by atoms with Crippen molar-refractivity contribution in [3.8, 4) is 0 Å². The monoisotopic (exact) mass is 296 g/mol. The molecule has 18 heavy (non-hydrogen) atoms. The van der Waals surface area contributed by atoms with E-state index >= 15 is 0 Å². The van der Waals surface area contributed by atoms with Crippen LogP contribution in [0.4, 0.5) is 0 Å². The van der Waals surface area contributed by atoms with Crippen molar-refractivity contribution >= 4 is 18.6 Å². The van der Waals surface area contributed by atoms with Gasteiger partial charge in [-0.15, -0.1) is 0 Å². The van der Waals surface area contributed by atoms with Crippen LogP contribution in [0.15, 0.2) is 0 Å². The summed E-state index contributed by atoms with van der Waals surface area (Å²) < 4.78 is 23.7. The number of hydrogen-bond acceptors (Lipinski definition) is 2. The van der Waals surface area contributed by atoms with Gasteiger partial charge in [0.05, 0.1) is 35.1 Å². The number of rotatable bonds is 8. The summed E-state index contributed by atoms with van der Waals surface area (Å²) in [4.78, 5) is 0. The first-order valence-electron chi connectivity index (χ1n) is 6.63. The Labute approximate surface area is 116 Å². The van der Waals surface area contributed by atoms with Crippen molar-refractivity contribution in [1.82, 2.24) is 0 Å². The zero-order chi connectivity index (χ0) is 14.6. The van der Waals surface area contributed by atoms with Gasteiger partial charge in [0.15, 0.2) is 0 Å². The average Bonchev–Trinajstić information content (AvgIpc) is 1.93. The highest BCUT2D eigenvalue weighted by atomic mass is 32.2. The quantitative estimate of drug-likeness (QED) is 0.645. The maximum Gasteiger partial charge on any atom is 0.147 e. The van der Waals surface area contributed by atoms with E-state index in [2.05, 4.69) is 34.9 Å². The lowest BCUT2D eigenvalue weighted by molar-refractivity contribution is -0.768. The second kappa shape index (κ2) is 6.67. The smallest absolute Gasteiger partial charge is 0.147 e. The van der Waals surface area contributed by atoms with E-state index in [9.17, 15) is 8.42 Å². The van der Waals surface area contributed by atoms with E-state index in [4.69, 9.17) is 0 Å². The molecule has 0 aromatic carbocycles.